The van der Waals surface area contributed by atoms with Gasteiger partial charge >= 0.3 is 0 Å². The number of benzene rings is 2. The number of pyridine rings is 1. The Balaban J connectivity index is 1.81. The molecule has 1 fully saturated rings. The molecule has 8 heteroatoms. The summed E-state index contributed by atoms with van der Waals surface area (Å²) in [6, 6.07) is 18.8. The lowest BCUT2D eigenvalue weighted by atomic mass is 9.70. The van der Waals surface area contributed by atoms with Crippen LogP contribution in [-0.2, 0) is 11.2 Å². The summed E-state index contributed by atoms with van der Waals surface area (Å²) < 4.78 is 12.3. The van der Waals surface area contributed by atoms with E-state index in [1.165, 1.54) is 19.5 Å². The Kier molecular flexibility index (Phi) is 6.18. The number of nitriles is 1. The van der Waals surface area contributed by atoms with E-state index < -0.39 is 29.1 Å². The van der Waals surface area contributed by atoms with E-state index in [1.54, 1.807) is 24.3 Å². The summed E-state index contributed by atoms with van der Waals surface area (Å²) in [6.07, 6.45) is 1.78. The van der Waals surface area contributed by atoms with Crippen molar-refractivity contribution < 1.29 is 24.8 Å². The maximum absolute atomic E-state index is 12.7. The Morgan fingerprint density at radius 1 is 1.14 bits per heavy atom. The molecular formula is C28H29N3O5. The molecule has 0 amide bonds. The van der Waals surface area contributed by atoms with Gasteiger partial charge in [-0.15, -0.1) is 0 Å². The Bertz CT molecular complexity index is 1280. The molecule has 1 aliphatic carbocycles. The topological polar surface area (TPSA) is 119 Å². The molecule has 3 aromatic rings. The molecule has 3 N–H and O–H groups in total. The molecule has 1 aliphatic heterocycles. The molecule has 5 rings (SSSR count). The third-order valence-corrected chi connectivity index (χ3v) is 7.62. The van der Waals surface area contributed by atoms with Crippen molar-refractivity contribution >= 4 is 0 Å². The summed E-state index contributed by atoms with van der Waals surface area (Å²) in [5.74, 6) is -0.315. The first-order valence-electron chi connectivity index (χ1n) is 11.9. The fourth-order valence-corrected chi connectivity index (χ4v) is 6.15. The number of methoxy groups -OCH3 is 1. The van der Waals surface area contributed by atoms with Gasteiger partial charge in [-0.3, -0.25) is 4.98 Å². The number of rotatable bonds is 7. The van der Waals surface area contributed by atoms with Gasteiger partial charge in [0.1, 0.15) is 11.5 Å². The number of aliphatic hydroxyl groups is 3. The van der Waals surface area contributed by atoms with E-state index in [1.807, 2.05) is 42.3 Å². The van der Waals surface area contributed by atoms with Crippen molar-refractivity contribution in [3.8, 4) is 17.6 Å². The fraction of sp³-hybridized carbons (Fsp3) is 0.357. The van der Waals surface area contributed by atoms with Crippen LogP contribution in [0.4, 0.5) is 0 Å². The molecule has 0 spiro atoms. The Morgan fingerprint density at radius 2 is 1.86 bits per heavy atom. The Hall–Kier alpha value is -3.48. The highest BCUT2D eigenvalue weighted by Crippen LogP contribution is 2.69. The van der Waals surface area contributed by atoms with Crippen LogP contribution in [0.2, 0.25) is 0 Å². The summed E-state index contributed by atoms with van der Waals surface area (Å²) in [4.78, 5) is 6.17. The number of hydrogen-bond acceptors (Lipinski definition) is 8. The van der Waals surface area contributed by atoms with E-state index in [0.717, 1.165) is 5.56 Å². The van der Waals surface area contributed by atoms with Gasteiger partial charge in [0.05, 0.1) is 49.4 Å². The monoisotopic (exact) mass is 487 g/mol. The zero-order valence-corrected chi connectivity index (χ0v) is 20.2. The van der Waals surface area contributed by atoms with E-state index in [2.05, 4.69) is 11.1 Å². The highest BCUT2D eigenvalue weighted by atomic mass is 16.5. The van der Waals surface area contributed by atoms with Crippen LogP contribution in [0.25, 0.3) is 0 Å². The summed E-state index contributed by atoms with van der Waals surface area (Å²) in [7, 11) is 3.36. The fourth-order valence-electron chi connectivity index (χ4n) is 6.15. The summed E-state index contributed by atoms with van der Waals surface area (Å²) >= 11 is 0. The van der Waals surface area contributed by atoms with Crippen LogP contribution in [0.5, 0.6) is 11.5 Å². The van der Waals surface area contributed by atoms with Crippen LogP contribution in [0.1, 0.15) is 28.2 Å². The molecule has 5 atom stereocenters. The Morgan fingerprint density at radius 3 is 2.50 bits per heavy atom. The first-order chi connectivity index (χ1) is 17.4. The quantitative estimate of drug-likeness (QED) is 0.464. The van der Waals surface area contributed by atoms with Gasteiger partial charge in [-0.05, 0) is 30.3 Å². The molecule has 1 saturated carbocycles. The number of aromatic nitrogens is 1. The maximum Gasteiger partial charge on any atom is 0.177 e. The van der Waals surface area contributed by atoms with Crippen LogP contribution in [0.3, 0.4) is 0 Å². The van der Waals surface area contributed by atoms with Crippen LogP contribution in [0, 0.1) is 17.2 Å². The molecule has 2 aliphatic rings. The predicted octanol–water partition coefficient (Wildman–Crippen LogP) is 2.14. The van der Waals surface area contributed by atoms with Crippen molar-refractivity contribution in [3.05, 3.63) is 89.2 Å². The minimum atomic E-state index is -1.89. The van der Waals surface area contributed by atoms with Gasteiger partial charge in [-0.1, -0.05) is 42.5 Å². The second kappa shape index (κ2) is 9.19. The lowest BCUT2D eigenvalue weighted by Crippen LogP contribution is -2.52. The molecule has 1 aromatic heterocycles. The molecule has 2 heterocycles. The normalized spacial score (nSPS) is 28.3. The van der Waals surface area contributed by atoms with Gasteiger partial charge in [0.15, 0.2) is 11.2 Å². The molecular weight excluding hydrogens is 458 g/mol. The number of aliphatic hydroxyl groups excluding tert-OH is 2. The molecule has 8 nitrogen and oxygen atoms in total. The molecule has 186 valence electrons. The first-order valence-corrected chi connectivity index (χ1v) is 11.9. The maximum atomic E-state index is 12.7. The second-order valence-corrected chi connectivity index (χ2v) is 9.49. The highest BCUT2D eigenvalue weighted by molar-refractivity contribution is 5.59. The minimum Gasteiger partial charge on any atom is -0.495 e. The van der Waals surface area contributed by atoms with Crippen molar-refractivity contribution in [1.82, 2.24) is 9.88 Å². The number of nitrogens with zero attached hydrogens (tertiary/aromatic N) is 3. The molecule has 0 bridgehead atoms. The number of fused-ring (bicyclic) bond motifs is 3. The zero-order valence-electron chi connectivity index (χ0n) is 20.2. The average molecular weight is 488 g/mol. The number of likely N-dealkylation sites (N-methyl/N-ethyl adjacent to an activating group) is 1. The second-order valence-electron chi connectivity index (χ2n) is 9.49. The summed E-state index contributed by atoms with van der Waals surface area (Å²) in [6.45, 7) is 0.782. The van der Waals surface area contributed by atoms with Crippen molar-refractivity contribution in [2.45, 2.75) is 23.2 Å². The molecule has 0 saturated heterocycles. The van der Waals surface area contributed by atoms with E-state index >= 15 is 0 Å². The van der Waals surface area contributed by atoms with Gasteiger partial charge in [0.2, 0.25) is 0 Å². The van der Waals surface area contributed by atoms with Crippen LogP contribution in [0.15, 0.2) is 67.0 Å². The van der Waals surface area contributed by atoms with Crippen molar-refractivity contribution in [2.75, 3.05) is 33.9 Å². The lowest BCUT2D eigenvalue weighted by molar-refractivity contribution is -0.152. The summed E-state index contributed by atoms with van der Waals surface area (Å²) in [5.41, 5.74) is -0.991. The molecule has 3 unspecified atom stereocenters. The summed E-state index contributed by atoms with van der Waals surface area (Å²) in [5, 5.41) is 43.6. The third kappa shape index (κ3) is 3.32. The minimum absolute atomic E-state index is 0.0286. The van der Waals surface area contributed by atoms with Crippen molar-refractivity contribution in [3.63, 3.8) is 0 Å². The third-order valence-electron chi connectivity index (χ3n) is 7.62. The zero-order chi connectivity index (χ0) is 25.5. The Labute approximate surface area is 210 Å². The number of ether oxygens (including phenoxy) is 2. The van der Waals surface area contributed by atoms with E-state index in [4.69, 9.17) is 9.47 Å². The van der Waals surface area contributed by atoms with Crippen LogP contribution < -0.4 is 9.47 Å². The molecule has 2 aromatic carbocycles. The van der Waals surface area contributed by atoms with E-state index in [9.17, 15) is 20.6 Å². The van der Waals surface area contributed by atoms with Gasteiger partial charge in [-0.25, -0.2) is 0 Å². The van der Waals surface area contributed by atoms with Gasteiger partial charge in [-0.2, -0.15) is 5.26 Å². The first kappa shape index (κ1) is 24.2. The van der Waals surface area contributed by atoms with E-state index in [0.29, 0.717) is 41.3 Å². The molecule has 0 radical (unpaired) electrons. The largest absolute Gasteiger partial charge is 0.495 e. The lowest BCUT2D eigenvalue weighted by Gasteiger charge is -2.41. The van der Waals surface area contributed by atoms with E-state index in [-0.39, 0.29) is 6.61 Å². The van der Waals surface area contributed by atoms with Gasteiger partial charge < -0.3 is 29.7 Å². The van der Waals surface area contributed by atoms with Crippen molar-refractivity contribution in [2.24, 2.45) is 5.92 Å². The number of hydrogen-bond donors (Lipinski definition) is 3. The van der Waals surface area contributed by atoms with Gasteiger partial charge in [0, 0.05) is 24.9 Å². The average Bonchev–Trinajstić information content (AvgIpc) is 3.28. The SMILES string of the molecule is COc1cncc2c1C1(O)[C@H](O)C(CN(C)CCO)C(c3ccccc3)[C@@]1(c1ccc(C#N)cc1)O2. The van der Waals surface area contributed by atoms with Crippen LogP contribution >= 0.6 is 0 Å². The predicted molar refractivity (Wildman–Crippen MR) is 131 cm³/mol. The highest BCUT2D eigenvalue weighted by Gasteiger charge is 2.76. The standard InChI is InChI=1S/C28H29N3O5/c1-31(12-13-32)17-21-24(19-6-4-3-5-7-19)28(20-10-8-18(14-29)9-11-20)27(34,26(21)33)25-22(35-2)15-30-16-23(25)36-28/h3-11,15-16,21,24,26,32-34H,12-13,17H2,1-2H3/t21?,24?,26-,27?,28-/m1/s1. The van der Waals surface area contributed by atoms with Gasteiger partial charge in [0.25, 0.3) is 0 Å². The smallest absolute Gasteiger partial charge is 0.177 e. The van der Waals surface area contributed by atoms with Crippen molar-refractivity contribution in [1.29, 1.82) is 5.26 Å². The van der Waals surface area contributed by atoms with Crippen LogP contribution in [-0.4, -0.2) is 65.2 Å². The molecule has 36 heavy (non-hydrogen) atoms.